The van der Waals surface area contributed by atoms with E-state index in [0.717, 1.165) is 27.5 Å². The number of aryl methyl sites for hydroxylation is 2. The fourth-order valence-electron chi connectivity index (χ4n) is 5.63. The number of imide groups is 1. The van der Waals surface area contributed by atoms with Crippen molar-refractivity contribution in [3.05, 3.63) is 33.0 Å². The molecule has 5 heteroatoms. The third-order valence-corrected chi connectivity index (χ3v) is 10.1. The minimum absolute atomic E-state index is 0.0582. The first kappa shape index (κ1) is 30.1. The summed E-state index contributed by atoms with van der Waals surface area (Å²) in [7, 11) is 0. The number of carbonyl (C=O) groups is 2. The van der Waals surface area contributed by atoms with Gasteiger partial charge in [0.15, 0.2) is 0 Å². The summed E-state index contributed by atoms with van der Waals surface area (Å²) in [6, 6.07) is 4.19. The number of carbonyl (C=O) groups excluding carboxylic acids is 2. The number of unbranched alkanes of at least 4 members (excludes halogenated alkanes) is 12. The minimum atomic E-state index is -0.0609. The van der Waals surface area contributed by atoms with Crippen molar-refractivity contribution in [2.45, 2.75) is 130 Å². The van der Waals surface area contributed by atoms with Crippen molar-refractivity contribution in [2.75, 3.05) is 6.54 Å². The second-order valence-corrected chi connectivity index (χ2v) is 13.6. The Balaban J connectivity index is 1.60. The second kappa shape index (κ2) is 15.8. The Hall–Kier alpha value is -1.46. The predicted molar refractivity (Wildman–Crippen MR) is 161 cm³/mol. The fraction of sp³-hybridized carbons (Fsp3) is 0.688. The second-order valence-electron chi connectivity index (χ2n) is 11.1. The van der Waals surface area contributed by atoms with Crippen molar-refractivity contribution in [2.24, 2.45) is 5.92 Å². The van der Waals surface area contributed by atoms with E-state index in [9.17, 15) is 9.59 Å². The zero-order valence-corrected chi connectivity index (χ0v) is 25.5. The van der Waals surface area contributed by atoms with E-state index < -0.39 is 0 Å². The van der Waals surface area contributed by atoms with E-state index in [2.05, 4.69) is 32.9 Å². The van der Waals surface area contributed by atoms with Gasteiger partial charge < -0.3 is 0 Å². The molecule has 3 rings (SSSR count). The maximum absolute atomic E-state index is 13.6. The van der Waals surface area contributed by atoms with Crippen LogP contribution in [0.15, 0.2) is 12.1 Å². The van der Waals surface area contributed by atoms with E-state index in [4.69, 9.17) is 0 Å². The summed E-state index contributed by atoms with van der Waals surface area (Å²) >= 11 is 3.31. The summed E-state index contributed by atoms with van der Waals surface area (Å²) in [5.74, 6) is 0.297. The molecule has 0 aromatic carbocycles. The van der Waals surface area contributed by atoms with Gasteiger partial charge in [-0.3, -0.25) is 14.5 Å². The Kier molecular flexibility index (Phi) is 12.9. The fourth-order valence-corrected chi connectivity index (χ4v) is 7.75. The molecule has 0 radical (unpaired) electrons. The molecule has 0 fully saturated rings. The highest BCUT2D eigenvalue weighted by atomic mass is 32.1. The molecule has 0 spiro atoms. The summed E-state index contributed by atoms with van der Waals surface area (Å²) in [6.07, 6.45) is 20.5. The standard InChI is InChI=1S/C32H49NO2S2/c1-5-7-9-11-13-14-16-18-20-26(19-17-15-12-10-8-6-2)23-33-31(34)28-25(4)37-30(29(28)32(33)35)27-22-21-24(3)36-27/h21-22,26H,5-20,23H2,1-4H3. The molecule has 3 heterocycles. The number of rotatable bonds is 19. The summed E-state index contributed by atoms with van der Waals surface area (Å²) < 4.78 is 0. The van der Waals surface area contributed by atoms with Crippen molar-refractivity contribution in [1.82, 2.24) is 4.90 Å². The van der Waals surface area contributed by atoms with Crippen molar-refractivity contribution < 1.29 is 9.59 Å². The van der Waals surface area contributed by atoms with E-state index in [1.54, 1.807) is 27.6 Å². The summed E-state index contributed by atoms with van der Waals surface area (Å²) in [5.41, 5.74) is 1.33. The summed E-state index contributed by atoms with van der Waals surface area (Å²) in [6.45, 7) is 9.20. The maximum atomic E-state index is 13.6. The van der Waals surface area contributed by atoms with Crippen LogP contribution in [0.25, 0.3) is 9.75 Å². The molecule has 206 valence electrons. The third-order valence-electron chi connectivity index (χ3n) is 7.84. The molecule has 3 nitrogen and oxygen atoms in total. The number of hydrogen-bond donors (Lipinski definition) is 0. The maximum Gasteiger partial charge on any atom is 0.263 e. The number of hydrogen-bond acceptors (Lipinski definition) is 4. The highest BCUT2D eigenvalue weighted by Gasteiger charge is 2.41. The number of fused-ring (bicyclic) bond motifs is 1. The van der Waals surface area contributed by atoms with Gasteiger partial charge in [0.25, 0.3) is 11.8 Å². The number of amides is 2. The van der Waals surface area contributed by atoms with Gasteiger partial charge in [-0.15, -0.1) is 22.7 Å². The molecule has 1 unspecified atom stereocenters. The van der Waals surface area contributed by atoms with Crippen LogP contribution in [0.5, 0.6) is 0 Å². The van der Waals surface area contributed by atoms with E-state index in [1.165, 1.54) is 94.8 Å². The van der Waals surface area contributed by atoms with Gasteiger partial charge in [-0.1, -0.05) is 104 Å². The molecule has 0 N–H and O–H groups in total. The average Bonchev–Trinajstić information content (AvgIpc) is 3.53. The molecule has 0 saturated carbocycles. The number of nitrogens with zero attached hydrogens (tertiary/aromatic N) is 1. The molecule has 0 bridgehead atoms. The van der Waals surface area contributed by atoms with Crippen molar-refractivity contribution in [3.63, 3.8) is 0 Å². The van der Waals surface area contributed by atoms with E-state index >= 15 is 0 Å². The molecule has 1 atom stereocenters. The van der Waals surface area contributed by atoms with Crippen LogP contribution in [0.2, 0.25) is 0 Å². The van der Waals surface area contributed by atoms with Crippen LogP contribution in [0, 0.1) is 19.8 Å². The van der Waals surface area contributed by atoms with Gasteiger partial charge in [0, 0.05) is 21.2 Å². The lowest BCUT2D eigenvalue weighted by atomic mass is 9.93. The van der Waals surface area contributed by atoms with Crippen LogP contribution in [-0.2, 0) is 0 Å². The molecule has 1 aliphatic rings. The van der Waals surface area contributed by atoms with Gasteiger partial charge >= 0.3 is 0 Å². The zero-order valence-electron chi connectivity index (χ0n) is 23.8. The molecule has 1 aliphatic heterocycles. The SMILES string of the molecule is CCCCCCCCCCC(CCCCCCCC)CN1C(=O)c2c(C)sc(-c3ccc(C)s3)c2C1=O. The van der Waals surface area contributed by atoms with E-state index in [0.29, 0.717) is 23.6 Å². The Bertz CT molecular complexity index is 989. The van der Waals surface area contributed by atoms with Crippen LogP contribution < -0.4 is 0 Å². The van der Waals surface area contributed by atoms with Gasteiger partial charge in [0.2, 0.25) is 0 Å². The molecule has 0 saturated heterocycles. The predicted octanol–water partition coefficient (Wildman–Crippen LogP) is 10.6. The van der Waals surface area contributed by atoms with Crippen molar-refractivity contribution in [3.8, 4) is 9.75 Å². The summed E-state index contributed by atoms with van der Waals surface area (Å²) in [5, 5.41) is 0. The lowest BCUT2D eigenvalue weighted by molar-refractivity contribution is 0.0621. The van der Waals surface area contributed by atoms with E-state index in [1.807, 2.05) is 6.92 Å². The van der Waals surface area contributed by atoms with Gasteiger partial charge in [-0.25, -0.2) is 0 Å². The van der Waals surface area contributed by atoms with Crippen LogP contribution in [0.1, 0.15) is 147 Å². The molecule has 2 aromatic rings. The first-order valence-electron chi connectivity index (χ1n) is 15.0. The quantitative estimate of drug-likeness (QED) is 0.130. The Labute approximate surface area is 234 Å². The van der Waals surface area contributed by atoms with E-state index in [-0.39, 0.29) is 11.8 Å². The molecular formula is C32H49NO2S2. The van der Waals surface area contributed by atoms with Crippen LogP contribution in [0.4, 0.5) is 0 Å². The summed E-state index contributed by atoms with van der Waals surface area (Å²) in [4.78, 5) is 33.0. The molecule has 37 heavy (non-hydrogen) atoms. The first-order chi connectivity index (χ1) is 18.0. The van der Waals surface area contributed by atoms with Gasteiger partial charge in [-0.2, -0.15) is 0 Å². The Morgan fingerprint density at radius 2 is 1.19 bits per heavy atom. The van der Waals surface area contributed by atoms with Crippen molar-refractivity contribution >= 4 is 34.5 Å². The minimum Gasteiger partial charge on any atom is -0.274 e. The molecule has 0 aliphatic carbocycles. The topological polar surface area (TPSA) is 37.4 Å². The first-order valence-corrected chi connectivity index (χ1v) is 16.7. The van der Waals surface area contributed by atoms with Crippen LogP contribution in [-0.4, -0.2) is 23.3 Å². The Morgan fingerprint density at radius 3 is 1.70 bits per heavy atom. The molecular weight excluding hydrogens is 494 g/mol. The molecule has 2 aromatic heterocycles. The highest BCUT2D eigenvalue weighted by Crippen LogP contribution is 2.43. The normalized spacial score (nSPS) is 14.1. The van der Waals surface area contributed by atoms with Gasteiger partial charge in [0.05, 0.1) is 16.0 Å². The lowest BCUT2D eigenvalue weighted by Gasteiger charge is -2.23. The van der Waals surface area contributed by atoms with Crippen LogP contribution in [0.3, 0.4) is 0 Å². The smallest absolute Gasteiger partial charge is 0.263 e. The highest BCUT2D eigenvalue weighted by molar-refractivity contribution is 7.22. The monoisotopic (exact) mass is 543 g/mol. The average molecular weight is 544 g/mol. The number of thiophene rings is 2. The Morgan fingerprint density at radius 1 is 0.676 bits per heavy atom. The van der Waals surface area contributed by atoms with Gasteiger partial charge in [-0.05, 0) is 44.7 Å². The van der Waals surface area contributed by atoms with Crippen LogP contribution >= 0.6 is 22.7 Å². The zero-order chi connectivity index (χ0) is 26.6. The molecule has 2 amide bonds. The lowest BCUT2D eigenvalue weighted by Crippen LogP contribution is -2.35. The van der Waals surface area contributed by atoms with Crippen molar-refractivity contribution in [1.29, 1.82) is 0 Å². The van der Waals surface area contributed by atoms with Gasteiger partial charge in [0.1, 0.15) is 0 Å². The third kappa shape index (κ3) is 8.51. The largest absolute Gasteiger partial charge is 0.274 e.